The zero-order valence-electron chi connectivity index (χ0n) is 35.1. The van der Waals surface area contributed by atoms with Gasteiger partial charge in [-0.2, -0.15) is 0 Å². The van der Waals surface area contributed by atoms with Crippen molar-refractivity contribution in [2.75, 3.05) is 52.4 Å². The molecule has 0 radical (unpaired) electrons. The van der Waals surface area contributed by atoms with Crippen LogP contribution in [0.2, 0.25) is 0 Å². The molecule has 32 heteroatoms. The van der Waals surface area contributed by atoms with E-state index in [0.717, 1.165) is 83.3 Å². The zero-order valence-corrected chi connectivity index (χ0v) is 36.7. The molecule has 66 heavy (non-hydrogen) atoms. The molecule has 0 aliphatic carbocycles. The van der Waals surface area contributed by atoms with E-state index in [4.69, 9.17) is 81.7 Å². The summed E-state index contributed by atoms with van der Waals surface area (Å²) < 4.78 is 0. The molecule has 0 aromatic heterocycles. The standard InChI is InChI=1S/C14H8N2O8S2.C10H16N2O8.C2H8N2.4C2H4O2/c17-13(18)9-5-7(1-3-11(9)15(21)22)25-26-8-2-4-12(16(23)24)10(6-8)14(19)20;13-7(14)3-11(4-8(15)16)1-2-12(5-9(17)18)6-10(19)20;3-1-2-4;4*1-2(3)4/h1-6H,(H,17,18)(H,19,20);1-6H2,(H,13,14)(H,15,16)(H,17,18)(H,19,20);1-4H2;4*1H3,(H,3,4). The molecule has 2 rings (SSSR count). The van der Waals surface area contributed by atoms with Crippen LogP contribution in [0.25, 0.3) is 0 Å². The molecule has 0 bridgehead atoms. The Hall–Kier alpha value is -7.52. The van der Waals surface area contributed by atoms with Gasteiger partial charge in [0.25, 0.3) is 35.3 Å². The van der Waals surface area contributed by atoms with E-state index in [0.29, 0.717) is 22.9 Å². The van der Waals surface area contributed by atoms with Crippen LogP contribution in [0.4, 0.5) is 11.4 Å². The van der Waals surface area contributed by atoms with Crippen molar-refractivity contribution in [1.29, 1.82) is 0 Å². The van der Waals surface area contributed by atoms with Crippen molar-refractivity contribution in [1.82, 2.24) is 9.80 Å². The van der Waals surface area contributed by atoms with Gasteiger partial charge in [-0.05, 0) is 24.3 Å². The van der Waals surface area contributed by atoms with Crippen LogP contribution in [-0.4, -0.2) is 183 Å². The Bertz CT molecular complexity index is 1760. The van der Waals surface area contributed by atoms with Gasteiger partial charge in [0.1, 0.15) is 11.1 Å². The molecule has 14 N–H and O–H groups in total. The van der Waals surface area contributed by atoms with E-state index in [1.165, 1.54) is 12.1 Å². The monoisotopic (exact) mass is 988 g/mol. The van der Waals surface area contributed by atoms with E-state index in [2.05, 4.69) is 0 Å². The lowest BCUT2D eigenvalue weighted by atomic mass is 10.2. The second-order valence-electron chi connectivity index (χ2n) is 11.3. The van der Waals surface area contributed by atoms with Crippen LogP contribution in [0.5, 0.6) is 0 Å². The third-order valence-electron chi connectivity index (χ3n) is 5.36. The van der Waals surface area contributed by atoms with Crippen LogP contribution in [0.1, 0.15) is 48.4 Å². The lowest BCUT2D eigenvalue weighted by Crippen LogP contribution is -2.43. The maximum absolute atomic E-state index is 11.1. The topological polar surface area (TPSA) is 518 Å². The van der Waals surface area contributed by atoms with Crippen LogP contribution in [0.3, 0.4) is 0 Å². The van der Waals surface area contributed by atoms with E-state index < -0.39 is 118 Å². The minimum Gasteiger partial charge on any atom is -0.481 e. The highest BCUT2D eigenvalue weighted by Crippen LogP contribution is 2.40. The average molecular weight is 989 g/mol. The summed E-state index contributed by atoms with van der Waals surface area (Å²) in [6, 6.07) is 7.08. The van der Waals surface area contributed by atoms with Crippen LogP contribution in [-0.2, 0) is 38.4 Å². The minimum absolute atomic E-state index is 0.0703. The van der Waals surface area contributed by atoms with Crippen LogP contribution in [0.15, 0.2) is 46.2 Å². The molecular formula is C34H48N6O24S2. The van der Waals surface area contributed by atoms with Gasteiger partial charge in [-0.1, -0.05) is 21.6 Å². The fourth-order valence-electron chi connectivity index (χ4n) is 3.37. The summed E-state index contributed by atoms with van der Waals surface area (Å²) in [5.74, 6) is -11.1. The Kier molecular flexibility index (Phi) is 40.0. The first-order chi connectivity index (χ1) is 30.2. The number of hydrogen-bond donors (Lipinski definition) is 12. The number of nitrogens with zero attached hydrogens (tertiary/aromatic N) is 4. The van der Waals surface area contributed by atoms with E-state index in [9.17, 15) is 49.0 Å². The highest BCUT2D eigenvalue weighted by molar-refractivity contribution is 8.76. The van der Waals surface area contributed by atoms with E-state index in [-0.39, 0.29) is 13.1 Å². The molecule has 0 saturated heterocycles. The number of benzene rings is 2. The quantitative estimate of drug-likeness (QED) is 0.0528. The molecule has 0 saturated carbocycles. The molecule has 0 atom stereocenters. The fraction of sp³-hybridized carbons (Fsp3) is 0.353. The predicted molar refractivity (Wildman–Crippen MR) is 227 cm³/mol. The third-order valence-corrected chi connectivity index (χ3v) is 7.74. The summed E-state index contributed by atoms with van der Waals surface area (Å²) in [5.41, 5.74) is 7.76. The molecule has 0 aliphatic rings. The summed E-state index contributed by atoms with van der Waals surface area (Å²) in [5, 5.41) is 104. The number of carboxylic acid groups (broad SMARTS) is 10. The molecule has 0 amide bonds. The molecule has 30 nitrogen and oxygen atoms in total. The molecule has 0 unspecified atom stereocenters. The SMILES string of the molecule is CC(=O)O.CC(=O)O.CC(=O)O.CC(=O)O.NCCN.O=C(O)CN(CCN(CC(=O)O)CC(=O)O)CC(=O)O.O=C(O)c1cc(SSc2ccc([N+](=O)[O-])c(C(=O)O)c2)ccc1[N+](=O)[O-]. The van der Waals surface area contributed by atoms with Crippen LogP contribution in [0, 0.1) is 20.2 Å². The van der Waals surface area contributed by atoms with Crippen molar-refractivity contribution in [3.8, 4) is 0 Å². The van der Waals surface area contributed by atoms with E-state index in [1.54, 1.807) is 0 Å². The smallest absolute Gasteiger partial charge is 0.342 e. The number of carbonyl (C=O) groups is 10. The van der Waals surface area contributed by atoms with E-state index in [1.807, 2.05) is 0 Å². The Morgan fingerprint density at radius 2 is 0.697 bits per heavy atom. The maximum atomic E-state index is 11.1. The molecule has 0 fully saturated rings. The highest BCUT2D eigenvalue weighted by atomic mass is 33.1. The lowest BCUT2D eigenvalue weighted by Gasteiger charge is -2.23. The van der Waals surface area contributed by atoms with Crippen molar-refractivity contribution in [3.63, 3.8) is 0 Å². The summed E-state index contributed by atoms with van der Waals surface area (Å²) >= 11 is 0. The van der Waals surface area contributed by atoms with E-state index >= 15 is 0 Å². The molecule has 2 aromatic rings. The summed E-state index contributed by atoms with van der Waals surface area (Å²) in [7, 11) is 2.06. The normalized spacial score (nSPS) is 9.27. The second kappa shape index (κ2) is 39.1. The Balaban J connectivity index is -0.000000270. The van der Waals surface area contributed by atoms with Gasteiger partial charge in [0.2, 0.25) is 0 Å². The van der Waals surface area contributed by atoms with Gasteiger partial charge in [-0.15, -0.1) is 0 Å². The van der Waals surface area contributed by atoms with Crippen LogP contribution < -0.4 is 11.5 Å². The number of rotatable bonds is 19. The van der Waals surface area contributed by atoms with Gasteiger partial charge >= 0.3 is 35.8 Å². The van der Waals surface area contributed by atoms with Gasteiger partial charge in [-0.3, -0.25) is 68.4 Å². The van der Waals surface area contributed by atoms with Gasteiger partial charge in [0, 0.05) is 75.8 Å². The molecule has 370 valence electrons. The first-order valence-corrected chi connectivity index (χ1v) is 19.3. The number of nitrogens with two attached hydrogens (primary N) is 2. The molecule has 0 heterocycles. The molecule has 2 aromatic carbocycles. The number of aromatic carboxylic acids is 2. The largest absolute Gasteiger partial charge is 0.481 e. The average Bonchev–Trinajstić information content (AvgIpc) is 3.14. The summed E-state index contributed by atoms with van der Waals surface area (Å²) in [6.45, 7) is 3.28. The van der Waals surface area contributed by atoms with Crippen molar-refractivity contribution in [2.24, 2.45) is 11.5 Å². The second-order valence-corrected chi connectivity index (χ2v) is 13.6. The summed E-state index contributed by atoms with van der Waals surface area (Å²) in [4.78, 5) is 123. The van der Waals surface area contributed by atoms with Crippen molar-refractivity contribution < 1.29 is 109 Å². The van der Waals surface area contributed by atoms with Gasteiger partial charge in [0.15, 0.2) is 0 Å². The third kappa shape index (κ3) is 46.0. The molecule has 0 spiro atoms. The molecular weight excluding hydrogens is 941 g/mol. The first-order valence-electron chi connectivity index (χ1n) is 17.1. The van der Waals surface area contributed by atoms with Gasteiger partial charge in [0.05, 0.1) is 36.0 Å². The molecule has 0 aliphatic heterocycles. The number of hydrogen-bond acceptors (Lipinski definition) is 20. The predicted octanol–water partition coefficient (Wildman–Crippen LogP) is 0.895. The number of carboxylic acids is 10. The zero-order chi connectivity index (χ0) is 52.9. The Morgan fingerprint density at radius 1 is 0.485 bits per heavy atom. The lowest BCUT2D eigenvalue weighted by molar-refractivity contribution is -0.385. The number of nitro benzene ring substituents is 2. The van der Waals surface area contributed by atoms with Crippen LogP contribution >= 0.6 is 21.6 Å². The summed E-state index contributed by atoms with van der Waals surface area (Å²) in [6.07, 6.45) is 0. The fourth-order valence-corrected chi connectivity index (χ4v) is 5.34. The van der Waals surface area contributed by atoms with Gasteiger partial charge < -0.3 is 62.5 Å². The van der Waals surface area contributed by atoms with Gasteiger partial charge in [-0.25, -0.2) is 9.59 Å². The highest BCUT2D eigenvalue weighted by Gasteiger charge is 2.22. The number of nitro groups is 2. The van der Waals surface area contributed by atoms with Crippen molar-refractivity contribution in [2.45, 2.75) is 37.5 Å². The maximum Gasteiger partial charge on any atom is 0.342 e. The first kappa shape index (κ1) is 67.6. The Labute approximate surface area is 379 Å². The minimum atomic E-state index is -1.45. The van der Waals surface area contributed by atoms with Crippen molar-refractivity contribution >= 4 is 92.7 Å². The number of aliphatic carboxylic acids is 8. The van der Waals surface area contributed by atoms with Crippen molar-refractivity contribution in [3.05, 3.63) is 67.8 Å². The Morgan fingerprint density at radius 3 is 0.848 bits per heavy atom.